The van der Waals surface area contributed by atoms with E-state index in [4.69, 9.17) is 4.42 Å². The van der Waals surface area contributed by atoms with Crippen molar-refractivity contribution in [3.8, 4) is 0 Å². The van der Waals surface area contributed by atoms with Crippen LogP contribution in [0.15, 0.2) is 45.9 Å². The molecule has 0 spiro atoms. The lowest BCUT2D eigenvalue weighted by Crippen LogP contribution is -2.30. The van der Waals surface area contributed by atoms with E-state index >= 15 is 0 Å². The van der Waals surface area contributed by atoms with Gasteiger partial charge in [-0.2, -0.15) is 0 Å². The minimum absolute atomic E-state index is 0.215. The number of amides is 2. The smallest absolute Gasteiger partial charge is 0.319 e. The molecular weight excluding hydrogens is 308 g/mol. The number of nitrogens with zero attached hydrogens (tertiary/aromatic N) is 2. The van der Waals surface area contributed by atoms with Crippen molar-refractivity contribution in [3.05, 3.63) is 58.4 Å². The first-order valence-corrected chi connectivity index (χ1v) is 7.66. The average molecular weight is 326 g/mol. The number of aryl methyl sites for hydroxylation is 2. The zero-order valence-corrected chi connectivity index (χ0v) is 13.5. The quantitative estimate of drug-likeness (QED) is 0.771. The van der Waals surface area contributed by atoms with Crippen LogP contribution in [0.25, 0.3) is 11.0 Å². The number of urea groups is 1. The van der Waals surface area contributed by atoms with Crippen molar-refractivity contribution < 1.29 is 9.21 Å². The molecule has 0 aliphatic heterocycles. The second-order valence-corrected chi connectivity index (χ2v) is 5.37. The summed E-state index contributed by atoms with van der Waals surface area (Å²) in [4.78, 5) is 29.0. The minimum Gasteiger partial charge on any atom is -0.467 e. The summed E-state index contributed by atoms with van der Waals surface area (Å²) in [6, 6.07) is 6.55. The molecule has 0 fully saturated rings. The number of hydrogen-bond donors (Lipinski definition) is 2. The highest BCUT2D eigenvalue weighted by atomic mass is 16.3. The van der Waals surface area contributed by atoms with E-state index in [9.17, 15) is 9.59 Å². The lowest BCUT2D eigenvalue weighted by molar-refractivity contribution is 0.251. The van der Waals surface area contributed by atoms with E-state index in [1.165, 1.54) is 6.26 Å². The van der Waals surface area contributed by atoms with Crippen molar-refractivity contribution in [2.24, 2.45) is 0 Å². The second-order valence-electron chi connectivity index (χ2n) is 5.37. The molecule has 7 heteroatoms. The first-order chi connectivity index (χ1) is 11.6. The number of hydrogen-bond acceptors (Lipinski definition) is 4. The van der Waals surface area contributed by atoms with Crippen molar-refractivity contribution >= 4 is 22.8 Å². The maximum absolute atomic E-state index is 12.6. The molecule has 0 bridgehead atoms. The fraction of sp³-hybridized carbons (Fsp3) is 0.235. The van der Waals surface area contributed by atoms with Crippen molar-refractivity contribution in [3.63, 3.8) is 0 Å². The normalized spacial score (nSPS) is 10.8. The van der Waals surface area contributed by atoms with Crippen LogP contribution >= 0.6 is 0 Å². The van der Waals surface area contributed by atoms with Crippen LogP contribution in [0, 0.1) is 6.92 Å². The van der Waals surface area contributed by atoms with E-state index < -0.39 is 6.03 Å². The third-order valence-corrected chi connectivity index (χ3v) is 3.65. The Hall–Kier alpha value is -3.09. The van der Waals surface area contributed by atoms with Crippen LogP contribution < -0.4 is 16.1 Å². The van der Waals surface area contributed by atoms with E-state index in [0.717, 1.165) is 5.69 Å². The van der Waals surface area contributed by atoms with Crippen LogP contribution in [0.3, 0.4) is 0 Å². The third kappa shape index (κ3) is 3.15. The number of anilines is 1. The number of pyridine rings is 2. The summed E-state index contributed by atoms with van der Waals surface area (Å²) in [6.45, 7) is 4.71. The van der Waals surface area contributed by atoms with E-state index in [0.29, 0.717) is 23.3 Å². The average Bonchev–Trinajstić information content (AvgIpc) is 3.09. The molecule has 0 unspecified atom stereocenters. The highest BCUT2D eigenvalue weighted by Crippen LogP contribution is 2.13. The van der Waals surface area contributed by atoms with Gasteiger partial charge in [0, 0.05) is 18.4 Å². The Morgan fingerprint density at radius 3 is 2.88 bits per heavy atom. The molecule has 3 aromatic rings. The van der Waals surface area contributed by atoms with Crippen molar-refractivity contribution in [2.45, 2.75) is 26.9 Å². The van der Waals surface area contributed by atoms with E-state index in [-0.39, 0.29) is 17.7 Å². The van der Waals surface area contributed by atoms with Gasteiger partial charge in [0.1, 0.15) is 17.1 Å². The van der Waals surface area contributed by atoms with Gasteiger partial charge in [0.15, 0.2) is 0 Å². The van der Waals surface area contributed by atoms with Gasteiger partial charge in [0.2, 0.25) is 5.43 Å². The molecule has 0 radical (unpaired) electrons. The first-order valence-electron chi connectivity index (χ1n) is 7.66. The SMILES string of the molecule is CCn1cc(NC(=O)NCc2ccco2)c(=O)c2ccc(C)nc21. The number of nitrogens with one attached hydrogen (secondary N) is 2. The fourth-order valence-electron chi connectivity index (χ4n) is 2.44. The van der Waals surface area contributed by atoms with E-state index in [1.807, 2.05) is 18.4 Å². The van der Waals surface area contributed by atoms with Gasteiger partial charge < -0.3 is 19.6 Å². The van der Waals surface area contributed by atoms with Crippen molar-refractivity contribution in [1.82, 2.24) is 14.9 Å². The zero-order chi connectivity index (χ0) is 17.1. The lowest BCUT2D eigenvalue weighted by atomic mass is 10.2. The molecule has 7 nitrogen and oxygen atoms in total. The number of carbonyl (C=O) groups is 1. The highest BCUT2D eigenvalue weighted by Gasteiger charge is 2.12. The molecule has 2 N–H and O–H groups in total. The number of aromatic nitrogens is 2. The van der Waals surface area contributed by atoms with Gasteiger partial charge in [0.05, 0.1) is 18.2 Å². The summed E-state index contributed by atoms with van der Waals surface area (Å²) in [5.41, 5.74) is 1.41. The number of carbonyl (C=O) groups excluding carboxylic acids is 1. The summed E-state index contributed by atoms with van der Waals surface area (Å²) in [5, 5.41) is 5.73. The molecule has 0 aliphatic rings. The Balaban J connectivity index is 1.86. The van der Waals surface area contributed by atoms with Crippen LogP contribution in [0.2, 0.25) is 0 Å². The standard InChI is InChI=1S/C17H18N4O3/c1-3-21-10-14(15(22)13-7-6-11(2)19-16(13)21)20-17(23)18-9-12-5-4-8-24-12/h4-8,10H,3,9H2,1-2H3,(H2,18,20,23). The Bertz CT molecular complexity index is 929. The lowest BCUT2D eigenvalue weighted by Gasteiger charge is -2.12. The largest absolute Gasteiger partial charge is 0.467 e. The molecule has 3 heterocycles. The summed E-state index contributed by atoms with van der Waals surface area (Å²) in [7, 11) is 0. The molecule has 0 saturated heterocycles. The van der Waals surface area contributed by atoms with Crippen molar-refractivity contribution in [2.75, 3.05) is 5.32 Å². The van der Waals surface area contributed by atoms with E-state index in [1.54, 1.807) is 30.5 Å². The van der Waals surface area contributed by atoms with Gasteiger partial charge in [-0.1, -0.05) is 0 Å². The molecule has 124 valence electrons. The predicted molar refractivity (Wildman–Crippen MR) is 91.0 cm³/mol. The second kappa shape index (κ2) is 6.57. The Morgan fingerprint density at radius 2 is 2.17 bits per heavy atom. The Morgan fingerprint density at radius 1 is 1.33 bits per heavy atom. The number of rotatable bonds is 4. The van der Waals surface area contributed by atoms with Gasteiger partial charge in [-0.05, 0) is 38.1 Å². The molecule has 2 amide bonds. The molecular formula is C17H18N4O3. The minimum atomic E-state index is -0.467. The molecule has 0 saturated carbocycles. The van der Waals surface area contributed by atoms with E-state index in [2.05, 4.69) is 15.6 Å². The summed E-state index contributed by atoms with van der Waals surface area (Å²) < 4.78 is 6.99. The highest BCUT2D eigenvalue weighted by molar-refractivity contribution is 5.91. The zero-order valence-electron chi connectivity index (χ0n) is 13.5. The molecule has 0 atom stereocenters. The van der Waals surface area contributed by atoms with Crippen LogP contribution in [-0.2, 0) is 13.1 Å². The third-order valence-electron chi connectivity index (χ3n) is 3.65. The topological polar surface area (TPSA) is 89.2 Å². The molecule has 24 heavy (non-hydrogen) atoms. The fourth-order valence-corrected chi connectivity index (χ4v) is 2.44. The predicted octanol–water partition coefficient (Wildman–Crippen LogP) is 2.64. The van der Waals surface area contributed by atoms with Gasteiger partial charge in [0.25, 0.3) is 0 Å². The molecule has 0 aromatic carbocycles. The van der Waals surface area contributed by atoms with Gasteiger partial charge in [-0.3, -0.25) is 4.79 Å². The number of furan rings is 1. The number of fused-ring (bicyclic) bond motifs is 1. The summed E-state index contributed by atoms with van der Waals surface area (Å²) >= 11 is 0. The van der Waals surface area contributed by atoms with Crippen LogP contribution in [0.5, 0.6) is 0 Å². The van der Waals surface area contributed by atoms with Crippen molar-refractivity contribution in [1.29, 1.82) is 0 Å². The molecule has 3 aromatic heterocycles. The van der Waals surface area contributed by atoms with Gasteiger partial charge in [-0.15, -0.1) is 0 Å². The maximum Gasteiger partial charge on any atom is 0.319 e. The van der Waals surface area contributed by atoms with Crippen LogP contribution in [0.4, 0.5) is 10.5 Å². The maximum atomic E-state index is 12.6. The van der Waals surface area contributed by atoms with Gasteiger partial charge >= 0.3 is 6.03 Å². The first kappa shape index (κ1) is 15.8. The summed E-state index contributed by atoms with van der Waals surface area (Å²) in [5.74, 6) is 0.634. The van der Waals surface area contributed by atoms with Gasteiger partial charge in [-0.25, -0.2) is 9.78 Å². The monoisotopic (exact) mass is 326 g/mol. The Labute approximate surface area is 138 Å². The van der Waals surface area contributed by atoms with Crippen LogP contribution in [-0.4, -0.2) is 15.6 Å². The molecule has 3 rings (SSSR count). The Kier molecular flexibility index (Phi) is 4.33. The summed E-state index contributed by atoms with van der Waals surface area (Å²) in [6.07, 6.45) is 3.15. The van der Waals surface area contributed by atoms with Crippen LogP contribution in [0.1, 0.15) is 18.4 Å². The molecule has 0 aliphatic carbocycles.